The molecule has 1 aromatic carbocycles. The first-order valence-corrected chi connectivity index (χ1v) is 4.53. The summed E-state index contributed by atoms with van der Waals surface area (Å²) in [5.41, 5.74) is -0.272. The van der Waals surface area contributed by atoms with Gasteiger partial charge in [0.1, 0.15) is 11.4 Å². The van der Waals surface area contributed by atoms with E-state index in [9.17, 15) is 23.7 Å². The molecule has 0 radical (unpaired) electrons. The van der Waals surface area contributed by atoms with Crippen molar-refractivity contribution in [2.45, 2.75) is 6.92 Å². The lowest BCUT2D eigenvalue weighted by Gasteiger charge is -2.05. The van der Waals surface area contributed by atoms with Gasteiger partial charge in [-0.3, -0.25) is 19.7 Å². The molecule has 0 saturated heterocycles. The van der Waals surface area contributed by atoms with Crippen molar-refractivity contribution in [3.05, 3.63) is 39.4 Å². The molecule has 0 saturated carbocycles. The molecule has 0 bridgehead atoms. The smallest absolute Gasteiger partial charge is 0.274 e. The minimum Gasteiger partial charge on any atom is -0.274 e. The van der Waals surface area contributed by atoms with Crippen LogP contribution in [0.4, 0.5) is 14.5 Å². The van der Waals surface area contributed by atoms with Crippen LogP contribution in [0.15, 0.2) is 12.1 Å². The molecule has 6 nitrogen and oxygen atoms in total. The lowest BCUT2D eigenvalue weighted by molar-refractivity contribution is -0.387. The minimum atomic E-state index is -1.53. The predicted molar refractivity (Wildman–Crippen MR) is 52.1 cm³/mol. The van der Waals surface area contributed by atoms with Crippen molar-refractivity contribution < 1.29 is 23.3 Å². The van der Waals surface area contributed by atoms with E-state index in [1.54, 1.807) is 12.4 Å². The second-order valence-electron chi connectivity index (χ2n) is 2.88. The van der Waals surface area contributed by atoms with Crippen LogP contribution in [0.25, 0.3) is 0 Å². The fourth-order valence-electron chi connectivity index (χ4n) is 1.08. The number of amides is 1. The van der Waals surface area contributed by atoms with E-state index in [0.717, 1.165) is 0 Å². The number of carbonyl (C=O) groups excluding carboxylic acids is 1. The van der Waals surface area contributed by atoms with Crippen LogP contribution in [-0.2, 0) is 4.84 Å². The van der Waals surface area contributed by atoms with Gasteiger partial charge in [0.25, 0.3) is 5.91 Å². The number of nitrogens with one attached hydrogen (secondary N) is 1. The summed E-state index contributed by atoms with van der Waals surface area (Å²) in [7, 11) is 0. The molecule has 0 unspecified atom stereocenters. The van der Waals surface area contributed by atoms with E-state index >= 15 is 0 Å². The molecule has 0 fully saturated rings. The summed E-state index contributed by atoms with van der Waals surface area (Å²) >= 11 is 0. The fraction of sp³-hybridized carbons (Fsp3) is 0.222. The van der Waals surface area contributed by atoms with Gasteiger partial charge in [0.05, 0.1) is 11.5 Å². The number of rotatable bonds is 4. The number of hydrogen-bond donors (Lipinski definition) is 1. The number of nitro groups is 1. The first-order chi connectivity index (χ1) is 7.99. The largest absolute Gasteiger partial charge is 0.305 e. The van der Waals surface area contributed by atoms with Crippen LogP contribution in [0.5, 0.6) is 0 Å². The summed E-state index contributed by atoms with van der Waals surface area (Å²) in [5.74, 6) is -3.96. The van der Waals surface area contributed by atoms with E-state index in [-0.39, 0.29) is 6.61 Å². The monoisotopic (exact) mass is 246 g/mol. The summed E-state index contributed by atoms with van der Waals surface area (Å²) in [6.07, 6.45) is 0. The number of hydroxylamine groups is 1. The molecule has 0 aliphatic rings. The Morgan fingerprint density at radius 2 is 2.18 bits per heavy atom. The molecule has 0 atom stereocenters. The molecule has 0 aromatic heterocycles. The van der Waals surface area contributed by atoms with Gasteiger partial charge in [0, 0.05) is 6.07 Å². The molecule has 1 amide bonds. The van der Waals surface area contributed by atoms with E-state index in [1.807, 2.05) is 0 Å². The van der Waals surface area contributed by atoms with E-state index in [4.69, 9.17) is 0 Å². The Bertz CT molecular complexity index is 465. The second kappa shape index (κ2) is 5.30. The summed E-state index contributed by atoms with van der Waals surface area (Å²) in [6.45, 7) is 1.63. The lowest BCUT2D eigenvalue weighted by Crippen LogP contribution is -2.26. The Morgan fingerprint density at radius 3 is 2.71 bits per heavy atom. The molecule has 92 valence electrons. The van der Waals surface area contributed by atoms with Crippen molar-refractivity contribution in [3.63, 3.8) is 0 Å². The van der Waals surface area contributed by atoms with Gasteiger partial charge in [0.2, 0.25) is 5.82 Å². The third-order valence-electron chi connectivity index (χ3n) is 1.80. The summed E-state index contributed by atoms with van der Waals surface area (Å²) in [6, 6.07) is 1.28. The van der Waals surface area contributed by atoms with Crippen LogP contribution in [0.3, 0.4) is 0 Å². The Kier molecular flexibility index (Phi) is 4.05. The third kappa shape index (κ3) is 2.72. The number of hydrogen-bond acceptors (Lipinski definition) is 4. The highest BCUT2D eigenvalue weighted by Gasteiger charge is 2.26. The molecule has 1 rings (SSSR count). The molecule has 1 N–H and O–H groups in total. The van der Waals surface area contributed by atoms with Gasteiger partial charge in [0.15, 0.2) is 0 Å². The van der Waals surface area contributed by atoms with Crippen molar-refractivity contribution in [1.82, 2.24) is 5.48 Å². The van der Waals surface area contributed by atoms with Crippen molar-refractivity contribution in [2.24, 2.45) is 0 Å². The maximum atomic E-state index is 13.5. The topological polar surface area (TPSA) is 81.5 Å². The number of halogens is 2. The normalized spacial score (nSPS) is 10.1. The third-order valence-corrected chi connectivity index (χ3v) is 1.80. The quantitative estimate of drug-likeness (QED) is 0.645. The molecular weight excluding hydrogens is 238 g/mol. The van der Waals surface area contributed by atoms with E-state index in [1.165, 1.54) is 0 Å². The summed E-state index contributed by atoms with van der Waals surface area (Å²) in [5, 5.41) is 10.4. The molecule has 17 heavy (non-hydrogen) atoms. The highest BCUT2D eigenvalue weighted by Crippen LogP contribution is 2.22. The number of benzene rings is 1. The number of nitrogens with zero attached hydrogens (tertiary/aromatic N) is 1. The SMILES string of the molecule is CCONC(=O)c1c(F)ccc([N+](=O)[O-])c1F. The fourth-order valence-corrected chi connectivity index (χ4v) is 1.08. The van der Waals surface area contributed by atoms with Gasteiger partial charge in [-0.1, -0.05) is 0 Å². The highest BCUT2D eigenvalue weighted by molar-refractivity contribution is 5.94. The number of nitro benzene ring substituents is 1. The molecule has 0 spiro atoms. The maximum Gasteiger partial charge on any atom is 0.305 e. The van der Waals surface area contributed by atoms with Crippen molar-refractivity contribution in [1.29, 1.82) is 0 Å². The van der Waals surface area contributed by atoms with Crippen LogP contribution < -0.4 is 5.48 Å². The van der Waals surface area contributed by atoms with Crippen molar-refractivity contribution >= 4 is 11.6 Å². The standard InChI is InChI=1S/C9H8F2N2O4/c1-2-17-12-9(14)7-5(10)3-4-6(8(7)11)13(15)16/h3-4H,2H2,1H3,(H,12,14). The maximum absolute atomic E-state index is 13.5. The zero-order chi connectivity index (χ0) is 13.0. The average Bonchev–Trinajstić information content (AvgIpc) is 2.25. The van der Waals surface area contributed by atoms with Crippen LogP contribution in [0.2, 0.25) is 0 Å². The molecular formula is C9H8F2N2O4. The second-order valence-corrected chi connectivity index (χ2v) is 2.88. The van der Waals surface area contributed by atoms with E-state index in [2.05, 4.69) is 4.84 Å². The molecule has 8 heteroatoms. The van der Waals surface area contributed by atoms with Crippen molar-refractivity contribution in [2.75, 3.05) is 6.61 Å². The summed E-state index contributed by atoms with van der Waals surface area (Å²) < 4.78 is 26.7. The first-order valence-electron chi connectivity index (χ1n) is 4.53. The van der Waals surface area contributed by atoms with Crippen molar-refractivity contribution in [3.8, 4) is 0 Å². The van der Waals surface area contributed by atoms with Crippen LogP contribution in [0, 0.1) is 21.7 Å². The van der Waals surface area contributed by atoms with Gasteiger partial charge < -0.3 is 0 Å². The van der Waals surface area contributed by atoms with E-state index < -0.39 is 33.7 Å². The van der Waals surface area contributed by atoms with Gasteiger partial charge >= 0.3 is 5.69 Å². The first kappa shape index (κ1) is 13.0. The van der Waals surface area contributed by atoms with Crippen LogP contribution in [-0.4, -0.2) is 17.4 Å². The van der Waals surface area contributed by atoms with Crippen LogP contribution >= 0.6 is 0 Å². The lowest BCUT2D eigenvalue weighted by atomic mass is 10.1. The zero-order valence-corrected chi connectivity index (χ0v) is 8.70. The Morgan fingerprint density at radius 1 is 1.53 bits per heavy atom. The minimum absolute atomic E-state index is 0.0872. The molecule has 0 heterocycles. The molecule has 1 aromatic rings. The van der Waals surface area contributed by atoms with Gasteiger partial charge in [-0.05, 0) is 13.0 Å². The Balaban J connectivity index is 3.18. The van der Waals surface area contributed by atoms with Crippen LogP contribution in [0.1, 0.15) is 17.3 Å². The number of carbonyl (C=O) groups is 1. The van der Waals surface area contributed by atoms with E-state index in [0.29, 0.717) is 12.1 Å². The predicted octanol–water partition coefficient (Wildman–Crippen LogP) is 1.55. The Labute approximate surface area is 94.3 Å². The molecule has 0 aliphatic carbocycles. The zero-order valence-electron chi connectivity index (χ0n) is 8.70. The highest BCUT2D eigenvalue weighted by atomic mass is 19.1. The van der Waals surface area contributed by atoms with Gasteiger partial charge in [-0.25, -0.2) is 9.87 Å². The van der Waals surface area contributed by atoms with Gasteiger partial charge in [-0.15, -0.1) is 0 Å². The Hall–Kier alpha value is -2.09. The van der Waals surface area contributed by atoms with Gasteiger partial charge in [-0.2, -0.15) is 4.39 Å². The summed E-state index contributed by atoms with van der Waals surface area (Å²) in [4.78, 5) is 25.1. The molecule has 0 aliphatic heterocycles. The average molecular weight is 246 g/mol.